The van der Waals surface area contributed by atoms with E-state index in [9.17, 15) is 4.79 Å². The Bertz CT molecular complexity index is 1480. The van der Waals surface area contributed by atoms with Gasteiger partial charge in [-0.2, -0.15) is 0 Å². The van der Waals surface area contributed by atoms with Gasteiger partial charge in [0.05, 0.1) is 41.7 Å². The number of pyridine rings is 2. The SMILES string of the molecule is COc1cncc(-c2ccc3ncc4c(c3c2)n(-c2cccc(C)c2)c(=O)n4C)c1. The van der Waals surface area contributed by atoms with Crippen molar-refractivity contribution in [2.24, 2.45) is 7.05 Å². The van der Waals surface area contributed by atoms with Gasteiger partial charge in [-0.3, -0.25) is 19.1 Å². The third-order valence-electron chi connectivity index (χ3n) is 5.43. The molecule has 3 heterocycles. The number of aromatic nitrogens is 4. The fraction of sp³-hybridized carbons (Fsp3) is 0.125. The molecule has 0 saturated heterocycles. The van der Waals surface area contributed by atoms with E-state index in [-0.39, 0.29) is 5.69 Å². The first-order valence-electron chi connectivity index (χ1n) is 9.63. The third kappa shape index (κ3) is 2.76. The molecule has 5 aromatic rings. The second-order valence-corrected chi connectivity index (χ2v) is 7.35. The molecule has 3 aromatic heterocycles. The lowest BCUT2D eigenvalue weighted by Gasteiger charge is -2.09. The normalized spacial score (nSPS) is 11.3. The quantitative estimate of drug-likeness (QED) is 0.457. The molecule has 30 heavy (non-hydrogen) atoms. The fourth-order valence-electron chi connectivity index (χ4n) is 3.87. The number of nitrogens with zero attached hydrogens (tertiary/aromatic N) is 4. The van der Waals surface area contributed by atoms with Crippen LogP contribution in [0, 0.1) is 6.92 Å². The zero-order valence-corrected chi connectivity index (χ0v) is 17.0. The number of hydrogen-bond donors (Lipinski definition) is 0. The van der Waals surface area contributed by atoms with Crippen LogP contribution in [0.2, 0.25) is 0 Å². The molecule has 6 heteroatoms. The maximum atomic E-state index is 13.2. The van der Waals surface area contributed by atoms with E-state index in [2.05, 4.69) is 16.0 Å². The van der Waals surface area contributed by atoms with Crippen LogP contribution in [-0.2, 0) is 7.05 Å². The van der Waals surface area contributed by atoms with Gasteiger partial charge in [0.1, 0.15) is 5.75 Å². The van der Waals surface area contributed by atoms with Crippen LogP contribution in [0.1, 0.15) is 5.56 Å². The molecule has 0 unspecified atom stereocenters. The van der Waals surface area contributed by atoms with Crippen molar-refractivity contribution in [3.8, 4) is 22.6 Å². The Morgan fingerprint density at radius 2 is 1.83 bits per heavy atom. The lowest BCUT2D eigenvalue weighted by atomic mass is 10.0. The Kier molecular flexibility index (Phi) is 4.13. The molecular formula is C24H20N4O2. The highest BCUT2D eigenvalue weighted by molar-refractivity contribution is 6.04. The van der Waals surface area contributed by atoms with Crippen molar-refractivity contribution in [3.05, 3.63) is 83.2 Å². The number of fused-ring (bicyclic) bond motifs is 3. The summed E-state index contributed by atoms with van der Waals surface area (Å²) in [5.41, 5.74) is 6.21. The Hall–Kier alpha value is -3.93. The molecule has 148 valence electrons. The van der Waals surface area contributed by atoms with Gasteiger partial charge in [-0.05, 0) is 48.4 Å². The second-order valence-electron chi connectivity index (χ2n) is 7.35. The molecule has 0 N–H and O–H groups in total. The average molecular weight is 396 g/mol. The Morgan fingerprint density at radius 3 is 2.63 bits per heavy atom. The van der Waals surface area contributed by atoms with E-state index in [1.165, 1.54) is 0 Å². The monoisotopic (exact) mass is 396 g/mol. The maximum absolute atomic E-state index is 13.2. The Labute approximate surface area is 173 Å². The number of aryl methyl sites for hydroxylation is 2. The summed E-state index contributed by atoms with van der Waals surface area (Å²) in [6.07, 6.45) is 5.24. The maximum Gasteiger partial charge on any atom is 0.333 e. The summed E-state index contributed by atoms with van der Waals surface area (Å²) in [5, 5.41) is 0.909. The lowest BCUT2D eigenvalue weighted by Crippen LogP contribution is -2.20. The molecule has 5 rings (SSSR count). The van der Waals surface area contributed by atoms with Crippen molar-refractivity contribution < 1.29 is 4.74 Å². The molecule has 0 aliphatic rings. The van der Waals surface area contributed by atoms with E-state index in [1.54, 1.807) is 41.9 Å². The van der Waals surface area contributed by atoms with Gasteiger partial charge in [0.15, 0.2) is 0 Å². The topological polar surface area (TPSA) is 61.9 Å². The van der Waals surface area contributed by atoms with Crippen molar-refractivity contribution in [1.82, 2.24) is 19.1 Å². The van der Waals surface area contributed by atoms with Gasteiger partial charge in [-0.15, -0.1) is 0 Å². The minimum atomic E-state index is -0.0987. The molecular weight excluding hydrogens is 376 g/mol. The van der Waals surface area contributed by atoms with Crippen molar-refractivity contribution in [1.29, 1.82) is 0 Å². The van der Waals surface area contributed by atoms with Crippen molar-refractivity contribution in [2.75, 3.05) is 7.11 Å². The van der Waals surface area contributed by atoms with Crippen LogP contribution in [-0.4, -0.2) is 26.2 Å². The summed E-state index contributed by atoms with van der Waals surface area (Å²) in [7, 11) is 3.40. The smallest absolute Gasteiger partial charge is 0.333 e. The van der Waals surface area contributed by atoms with E-state index in [0.717, 1.165) is 44.3 Å². The molecule has 0 aliphatic carbocycles. The van der Waals surface area contributed by atoms with E-state index in [4.69, 9.17) is 4.74 Å². The van der Waals surface area contributed by atoms with Crippen LogP contribution >= 0.6 is 0 Å². The second kappa shape index (κ2) is 6.84. The third-order valence-corrected chi connectivity index (χ3v) is 5.43. The van der Waals surface area contributed by atoms with Crippen LogP contribution in [0.25, 0.3) is 38.8 Å². The first-order valence-corrected chi connectivity index (χ1v) is 9.63. The van der Waals surface area contributed by atoms with E-state index in [1.807, 2.05) is 49.4 Å². The molecule has 0 spiro atoms. The Balaban J connectivity index is 1.86. The summed E-state index contributed by atoms with van der Waals surface area (Å²) in [6, 6.07) is 15.9. The molecule has 0 atom stereocenters. The van der Waals surface area contributed by atoms with E-state index < -0.39 is 0 Å². The van der Waals surface area contributed by atoms with Crippen LogP contribution < -0.4 is 10.4 Å². The molecule has 0 fully saturated rings. The highest BCUT2D eigenvalue weighted by atomic mass is 16.5. The minimum absolute atomic E-state index is 0.0987. The van der Waals surface area contributed by atoms with Crippen molar-refractivity contribution >= 4 is 21.9 Å². The van der Waals surface area contributed by atoms with Gasteiger partial charge < -0.3 is 4.74 Å². The predicted octanol–water partition coefficient (Wildman–Crippen LogP) is 4.26. The first kappa shape index (κ1) is 18.1. The highest BCUT2D eigenvalue weighted by Crippen LogP contribution is 2.30. The van der Waals surface area contributed by atoms with Crippen LogP contribution in [0.3, 0.4) is 0 Å². The van der Waals surface area contributed by atoms with Crippen LogP contribution in [0.4, 0.5) is 0 Å². The van der Waals surface area contributed by atoms with Crippen LogP contribution in [0.5, 0.6) is 5.75 Å². The highest BCUT2D eigenvalue weighted by Gasteiger charge is 2.17. The van der Waals surface area contributed by atoms with Gasteiger partial charge in [0.2, 0.25) is 0 Å². The molecule has 6 nitrogen and oxygen atoms in total. The largest absolute Gasteiger partial charge is 0.495 e. The van der Waals surface area contributed by atoms with Crippen LogP contribution in [0.15, 0.2) is 71.9 Å². The molecule has 2 aromatic carbocycles. The van der Waals surface area contributed by atoms with Crippen molar-refractivity contribution in [2.45, 2.75) is 6.92 Å². The van der Waals surface area contributed by atoms with Gasteiger partial charge in [-0.25, -0.2) is 4.79 Å². The number of methoxy groups -OCH3 is 1. The van der Waals surface area contributed by atoms with Gasteiger partial charge in [0, 0.05) is 24.2 Å². The zero-order chi connectivity index (χ0) is 20.8. The number of rotatable bonds is 3. The summed E-state index contributed by atoms with van der Waals surface area (Å²) in [4.78, 5) is 22.0. The average Bonchev–Trinajstić information content (AvgIpc) is 3.04. The first-order chi connectivity index (χ1) is 14.6. The number of ether oxygens (including phenoxy) is 1. The molecule has 0 bridgehead atoms. The molecule has 0 radical (unpaired) electrons. The minimum Gasteiger partial charge on any atom is -0.495 e. The molecule has 0 aliphatic heterocycles. The molecule has 0 saturated carbocycles. The Morgan fingerprint density at radius 1 is 0.967 bits per heavy atom. The van der Waals surface area contributed by atoms with Crippen molar-refractivity contribution in [3.63, 3.8) is 0 Å². The summed E-state index contributed by atoms with van der Waals surface area (Å²) in [6.45, 7) is 2.02. The zero-order valence-electron chi connectivity index (χ0n) is 17.0. The summed E-state index contributed by atoms with van der Waals surface area (Å²) in [5.74, 6) is 0.695. The fourth-order valence-corrected chi connectivity index (χ4v) is 3.87. The van der Waals surface area contributed by atoms with Gasteiger partial charge in [0.25, 0.3) is 0 Å². The summed E-state index contributed by atoms with van der Waals surface area (Å²) < 4.78 is 8.72. The van der Waals surface area contributed by atoms with Gasteiger partial charge >= 0.3 is 5.69 Å². The molecule has 0 amide bonds. The predicted molar refractivity (Wildman–Crippen MR) is 118 cm³/mol. The van der Waals surface area contributed by atoms with E-state index >= 15 is 0 Å². The summed E-state index contributed by atoms with van der Waals surface area (Å²) >= 11 is 0. The lowest BCUT2D eigenvalue weighted by molar-refractivity contribution is 0.413. The standard InChI is InChI=1S/C24H20N4O2/c1-15-5-4-6-18(9-15)28-23-20-11-16(17-10-19(30-3)13-25-12-17)7-8-21(20)26-14-22(23)27(2)24(28)29/h4-14H,1-3H3. The van der Waals surface area contributed by atoms with E-state index in [0.29, 0.717) is 5.75 Å². The number of benzene rings is 2. The van der Waals surface area contributed by atoms with Gasteiger partial charge in [-0.1, -0.05) is 18.2 Å². The number of imidazole rings is 1. The number of hydrogen-bond acceptors (Lipinski definition) is 4.